The highest BCUT2D eigenvalue weighted by Crippen LogP contribution is 2.34. The van der Waals surface area contributed by atoms with Crippen LogP contribution in [0.25, 0.3) is 31.6 Å². The van der Waals surface area contributed by atoms with Gasteiger partial charge in [0.1, 0.15) is 5.01 Å². The number of nitrogens with zero attached hydrogens (tertiary/aromatic N) is 1. The second-order valence-corrected chi connectivity index (χ2v) is 7.91. The van der Waals surface area contributed by atoms with E-state index in [0.29, 0.717) is 0 Å². The monoisotopic (exact) mass is 375 g/mol. The van der Waals surface area contributed by atoms with Crippen molar-refractivity contribution in [1.29, 1.82) is 0 Å². The second-order valence-electron chi connectivity index (χ2n) is 6.02. The summed E-state index contributed by atoms with van der Waals surface area (Å²) in [6.45, 7) is 3.63. The van der Waals surface area contributed by atoms with Crippen LogP contribution in [0.15, 0.2) is 67.3 Å². The maximum Gasteiger partial charge on any atom is 0.185 e. The number of benzene rings is 3. The standard InChI is InChI=1S/C22H17NOS2/c1-3-20(24)17-11-8-14-12-15(9-10-16(14)18(17)13-25-2)22-23-19-6-4-5-7-21(19)26-22/h3-12H,1,13H2,2H3. The van der Waals surface area contributed by atoms with Crippen molar-refractivity contribution in [2.24, 2.45) is 0 Å². The van der Waals surface area contributed by atoms with Crippen molar-refractivity contribution in [2.45, 2.75) is 5.75 Å². The predicted molar refractivity (Wildman–Crippen MR) is 114 cm³/mol. The van der Waals surface area contributed by atoms with E-state index < -0.39 is 0 Å². The van der Waals surface area contributed by atoms with Crippen molar-refractivity contribution in [1.82, 2.24) is 4.98 Å². The van der Waals surface area contributed by atoms with Crippen molar-refractivity contribution in [3.8, 4) is 10.6 Å². The fourth-order valence-electron chi connectivity index (χ4n) is 3.16. The Balaban J connectivity index is 1.87. The fraction of sp³-hybridized carbons (Fsp3) is 0.0909. The van der Waals surface area contributed by atoms with Gasteiger partial charge in [0.25, 0.3) is 0 Å². The summed E-state index contributed by atoms with van der Waals surface area (Å²) in [5.74, 6) is 0.776. The maximum atomic E-state index is 12.2. The molecule has 1 heterocycles. The fourth-order valence-corrected chi connectivity index (χ4v) is 4.73. The number of thioether (sulfide) groups is 1. The van der Waals surface area contributed by atoms with Crippen LogP contribution in [-0.2, 0) is 5.75 Å². The van der Waals surface area contributed by atoms with Gasteiger partial charge in [0.05, 0.1) is 10.2 Å². The highest BCUT2D eigenvalue weighted by atomic mass is 32.2. The predicted octanol–water partition coefficient (Wildman–Crippen LogP) is 6.35. The number of rotatable bonds is 5. The number of hydrogen-bond acceptors (Lipinski definition) is 4. The van der Waals surface area contributed by atoms with E-state index in [4.69, 9.17) is 4.98 Å². The van der Waals surface area contributed by atoms with E-state index in [1.165, 1.54) is 10.8 Å². The van der Waals surface area contributed by atoms with Gasteiger partial charge in [-0.05, 0) is 46.9 Å². The van der Waals surface area contributed by atoms with Gasteiger partial charge in [-0.15, -0.1) is 11.3 Å². The molecule has 4 heteroatoms. The Labute approximate surface area is 160 Å². The van der Waals surface area contributed by atoms with Crippen molar-refractivity contribution >= 4 is 49.9 Å². The quantitative estimate of drug-likeness (QED) is 0.301. The summed E-state index contributed by atoms with van der Waals surface area (Å²) < 4.78 is 1.19. The lowest BCUT2D eigenvalue weighted by atomic mass is 9.96. The first kappa shape index (κ1) is 17.0. The number of aromatic nitrogens is 1. The molecule has 0 saturated carbocycles. The van der Waals surface area contributed by atoms with Crippen LogP contribution >= 0.6 is 23.1 Å². The smallest absolute Gasteiger partial charge is 0.185 e. The minimum atomic E-state index is -0.0220. The molecule has 0 amide bonds. The summed E-state index contributed by atoms with van der Waals surface area (Å²) in [6.07, 6.45) is 3.44. The molecule has 3 aromatic carbocycles. The van der Waals surface area contributed by atoms with Crippen molar-refractivity contribution in [3.05, 3.63) is 78.4 Å². The lowest BCUT2D eigenvalue weighted by molar-refractivity contribution is 0.104. The molecule has 0 N–H and O–H groups in total. The molecular formula is C22H17NOS2. The Morgan fingerprint density at radius 2 is 2.04 bits per heavy atom. The SMILES string of the molecule is C=CC(=O)c1ccc2cc(-c3nc4ccccc4s3)ccc2c1CSC. The Morgan fingerprint density at radius 1 is 1.19 bits per heavy atom. The zero-order chi connectivity index (χ0) is 18.1. The van der Waals surface area contributed by atoms with Gasteiger partial charge in [-0.25, -0.2) is 4.98 Å². The molecule has 0 aliphatic heterocycles. The van der Waals surface area contributed by atoms with Crippen LogP contribution in [0.1, 0.15) is 15.9 Å². The Hall–Kier alpha value is -2.43. The van der Waals surface area contributed by atoms with Crippen LogP contribution in [0, 0.1) is 0 Å². The van der Waals surface area contributed by atoms with Crippen LogP contribution in [0.4, 0.5) is 0 Å². The molecule has 0 aliphatic carbocycles. The largest absolute Gasteiger partial charge is 0.289 e. The number of ketones is 1. The van der Waals surface area contributed by atoms with Gasteiger partial charge in [-0.2, -0.15) is 11.8 Å². The molecular weight excluding hydrogens is 358 g/mol. The molecule has 0 radical (unpaired) electrons. The van der Waals surface area contributed by atoms with Gasteiger partial charge in [-0.3, -0.25) is 4.79 Å². The van der Waals surface area contributed by atoms with Crippen molar-refractivity contribution in [2.75, 3.05) is 6.26 Å². The molecule has 0 fully saturated rings. The first-order valence-corrected chi connectivity index (χ1v) is 10.5. The number of para-hydroxylation sites is 1. The Kier molecular flexibility index (Phi) is 4.62. The summed E-state index contributed by atoms with van der Waals surface area (Å²) >= 11 is 3.42. The van der Waals surface area contributed by atoms with E-state index in [2.05, 4.69) is 37.1 Å². The van der Waals surface area contributed by atoms with Crippen molar-refractivity contribution in [3.63, 3.8) is 0 Å². The summed E-state index contributed by atoms with van der Waals surface area (Å²) in [6, 6.07) is 18.5. The van der Waals surface area contributed by atoms with Gasteiger partial charge in [-0.1, -0.05) is 43.0 Å². The Bertz CT molecular complexity index is 1110. The van der Waals surface area contributed by atoms with E-state index in [-0.39, 0.29) is 5.78 Å². The lowest BCUT2D eigenvalue weighted by Crippen LogP contribution is -2.00. The first-order chi connectivity index (χ1) is 12.7. The van der Waals surface area contributed by atoms with Gasteiger partial charge in [0, 0.05) is 16.9 Å². The van der Waals surface area contributed by atoms with Gasteiger partial charge >= 0.3 is 0 Å². The highest BCUT2D eigenvalue weighted by molar-refractivity contribution is 7.97. The normalized spacial score (nSPS) is 11.1. The maximum absolute atomic E-state index is 12.2. The molecule has 0 unspecified atom stereocenters. The number of fused-ring (bicyclic) bond motifs is 2. The number of carbonyl (C=O) groups excluding carboxylic acids is 1. The summed E-state index contributed by atoms with van der Waals surface area (Å²) in [5.41, 5.74) is 3.96. The van der Waals surface area contributed by atoms with E-state index in [9.17, 15) is 4.79 Å². The average Bonchev–Trinajstić information content (AvgIpc) is 3.11. The van der Waals surface area contributed by atoms with Crippen LogP contribution < -0.4 is 0 Å². The third-order valence-electron chi connectivity index (χ3n) is 4.41. The lowest BCUT2D eigenvalue weighted by Gasteiger charge is -2.11. The average molecular weight is 376 g/mol. The highest BCUT2D eigenvalue weighted by Gasteiger charge is 2.13. The molecule has 4 aromatic rings. The second kappa shape index (κ2) is 7.06. The van der Waals surface area contributed by atoms with Crippen LogP contribution in [0.5, 0.6) is 0 Å². The molecule has 128 valence electrons. The molecule has 0 saturated heterocycles. The summed E-state index contributed by atoms with van der Waals surface area (Å²) in [7, 11) is 0. The Morgan fingerprint density at radius 3 is 2.81 bits per heavy atom. The van der Waals surface area contributed by atoms with Gasteiger partial charge in [0.15, 0.2) is 5.78 Å². The third kappa shape index (κ3) is 2.96. The first-order valence-electron chi connectivity index (χ1n) is 8.28. The molecule has 26 heavy (non-hydrogen) atoms. The molecule has 0 bridgehead atoms. The number of hydrogen-bond donors (Lipinski definition) is 0. The minimum absolute atomic E-state index is 0.0220. The topological polar surface area (TPSA) is 30.0 Å². The van der Waals surface area contributed by atoms with Crippen LogP contribution in [0.2, 0.25) is 0 Å². The number of thiazole rings is 1. The number of carbonyl (C=O) groups is 1. The van der Waals surface area contributed by atoms with E-state index in [0.717, 1.165) is 43.7 Å². The number of allylic oxidation sites excluding steroid dienone is 1. The van der Waals surface area contributed by atoms with Gasteiger partial charge in [0.2, 0.25) is 0 Å². The van der Waals surface area contributed by atoms with E-state index >= 15 is 0 Å². The molecule has 2 nitrogen and oxygen atoms in total. The van der Waals surface area contributed by atoms with Crippen molar-refractivity contribution < 1.29 is 4.79 Å². The molecule has 0 spiro atoms. The van der Waals surface area contributed by atoms with E-state index in [1.807, 2.05) is 30.3 Å². The zero-order valence-corrected chi connectivity index (χ0v) is 16.0. The van der Waals surface area contributed by atoms with Crippen LogP contribution in [-0.4, -0.2) is 17.0 Å². The van der Waals surface area contributed by atoms with Crippen LogP contribution in [0.3, 0.4) is 0 Å². The molecule has 0 atom stereocenters. The molecule has 0 aliphatic rings. The zero-order valence-electron chi connectivity index (χ0n) is 14.4. The summed E-state index contributed by atoms with van der Waals surface area (Å²) in [5, 5.41) is 3.27. The third-order valence-corrected chi connectivity index (χ3v) is 6.07. The summed E-state index contributed by atoms with van der Waals surface area (Å²) in [4.78, 5) is 17.0. The molecule has 1 aromatic heterocycles. The molecule has 4 rings (SSSR count). The van der Waals surface area contributed by atoms with E-state index in [1.54, 1.807) is 23.1 Å². The minimum Gasteiger partial charge on any atom is -0.289 e. The van der Waals surface area contributed by atoms with Gasteiger partial charge < -0.3 is 0 Å².